The van der Waals surface area contributed by atoms with Crippen LogP contribution in [0.5, 0.6) is 0 Å². The normalized spacial score (nSPS) is 10.3. The van der Waals surface area contributed by atoms with Gasteiger partial charge in [0.05, 0.1) is 30.2 Å². The summed E-state index contributed by atoms with van der Waals surface area (Å²) in [5.74, 6) is -0.213. The van der Waals surface area contributed by atoms with Gasteiger partial charge in [-0.1, -0.05) is 12.1 Å². The Labute approximate surface area is 136 Å². The third kappa shape index (κ3) is 3.10. The van der Waals surface area contributed by atoms with Gasteiger partial charge in [-0.15, -0.1) is 0 Å². The van der Waals surface area contributed by atoms with E-state index in [1.165, 1.54) is 24.1 Å². The Morgan fingerprint density at radius 2 is 2.08 bits per heavy atom. The average Bonchev–Trinajstić information content (AvgIpc) is 3.19. The van der Waals surface area contributed by atoms with Gasteiger partial charge in [0.1, 0.15) is 6.67 Å². The molecule has 0 spiro atoms. The molecule has 1 aromatic carbocycles. The van der Waals surface area contributed by atoms with E-state index in [9.17, 15) is 9.59 Å². The number of hydrogen-bond donors (Lipinski definition) is 1. The van der Waals surface area contributed by atoms with Gasteiger partial charge in [0.2, 0.25) is 11.6 Å². The fourth-order valence-corrected chi connectivity index (χ4v) is 2.14. The van der Waals surface area contributed by atoms with Crippen molar-refractivity contribution in [2.24, 2.45) is 0 Å². The molecule has 24 heavy (non-hydrogen) atoms. The van der Waals surface area contributed by atoms with E-state index in [1.807, 2.05) is 0 Å². The standard InChI is InChI=1S/C16H13N5O3/c1-11(22)18-10-20-9-15(16(23)24-20)12-3-5-14(6-4-12)21-8-13(17-2)7-19-21/h3-9H,10H2,1H3,(H,18,22). The highest BCUT2D eigenvalue weighted by atomic mass is 16.5. The van der Waals surface area contributed by atoms with Crippen LogP contribution in [0.3, 0.4) is 0 Å². The van der Waals surface area contributed by atoms with Gasteiger partial charge in [-0.3, -0.25) is 9.48 Å². The van der Waals surface area contributed by atoms with Crippen LogP contribution < -0.4 is 10.9 Å². The Kier molecular flexibility index (Phi) is 3.99. The van der Waals surface area contributed by atoms with Crippen LogP contribution in [-0.2, 0) is 11.5 Å². The maximum absolute atomic E-state index is 11.9. The molecule has 0 aliphatic rings. The number of nitrogens with zero attached hydrogens (tertiary/aromatic N) is 4. The lowest BCUT2D eigenvalue weighted by molar-refractivity contribution is -0.119. The van der Waals surface area contributed by atoms with Crippen molar-refractivity contribution < 1.29 is 9.32 Å². The number of hydrogen-bond acceptors (Lipinski definition) is 4. The molecule has 3 rings (SSSR count). The molecule has 0 radical (unpaired) electrons. The van der Waals surface area contributed by atoms with Crippen molar-refractivity contribution in [1.82, 2.24) is 19.8 Å². The Balaban J connectivity index is 1.84. The number of carbonyl (C=O) groups is 1. The smallest absolute Gasteiger partial charge is 0.336 e. The van der Waals surface area contributed by atoms with Crippen LogP contribution >= 0.6 is 0 Å². The van der Waals surface area contributed by atoms with E-state index in [2.05, 4.69) is 15.3 Å². The molecule has 3 aromatic rings. The Morgan fingerprint density at radius 1 is 1.33 bits per heavy atom. The minimum Gasteiger partial charge on any atom is -0.336 e. The summed E-state index contributed by atoms with van der Waals surface area (Å²) in [5.41, 5.74) is 1.83. The molecule has 0 saturated carbocycles. The Morgan fingerprint density at radius 3 is 2.71 bits per heavy atom. The van der Waals surface area contributed by atoms with E-state index >= 15 is 0 Å². The van der Waals surface area contributed by atoms with Gasteiger partial charge in [-0.05, 0) is 17.7 Å². The summed E-state index contributed by atoms with van der Waals surface area (Å²) in [7, 11) is 0. The number of aromatic nitrogens is 3. The second-order valence-corrected chi connectivity index (χ2v) is 5.03. The second kappa shape index (κ2) is 6.26. The lowest BCUT2D eigenvalue weighted by Gasteiger charge is -2.02. The minimum atomic E-state index is -0.484. The maximum Gasteiger partial charge on any atom is 0.365 e. The first-order valence-electron chi connectivity index (χ1n) is 7.05. The van der Waals surface area contributed by atoms with Crippen molar-refractivity contribution in [3.63, 3.8) is 0 Å². The molecule has 0 bridgehead atoms. The number of benzene rings is 1. The molecular formula is C16H13N5O3. The van der Waals surface area contributed by atoms with Gasteiger partial charge in [-0.2, -0.15) is 9.84 Å². The van der Waals surface area contributed by atoms with Crippen LogP contribution in [-0.4, -0.2) is 20.4 Å². The Bertz CT molecular complexity index is 972. The summed E-state index contributed by atoms with van der Waals surface area (Å²) in [4.78, 5) is 26.1. The summed E-state index contributed by atoms with van der Waals surface area (Å²) >= 11 is 0. The zero-order valence-electron chi connectivity index (χ0n) is 12.8. The van der Waals surface area contributed by atoms with Crippen molar-refractivity contribution >= 4 is 11.6 Å². The van der Waals surface area contributed by atoms with E-state index in [1.54, 1.807) is 35.1 Å². The number of nitrogens with one attached hydrogen (secondary N) is 1. The largest absolute Gasteiger partial charge is 0.365 e. The van der Waals surface area contributed by atoms with Crippen LogP contribution in [0.1, 0.15) is 6.92 Å². The van der Waals surface area contributed by atoms with Gasteiger partial charge >= 0.3 is 5.63 Å². The molecule has 8 nitrogen and oxygen atoms in total. The highest BCUT2D eigenvalue weighted by Gasteiger charge is 2.10. The summed E-state index contributed by atoms with van der Waals surface area (Å²) in [6.45, 7) is 8.43. The topological polar surface area (TPSA) is 86.4 Å². The molecule has 2 heterocycles. The number of amides is 1. The summed E-state index contributed by atoms with van der Waals surface area (Å²) < 4.78 is 7.90. The Hall–Kier alpha value is -3.60. The lowest BCUT2D eigenvalue weighted by atomic mass is 10.1. The van der Waals surface area contributed by atoms with Crippen LogP contribution in [0.2, 0.25) is 0 Å². The van der Waals surface area contributed by atoms with Crippen molar-refractivity contribution in [3.05, 3.63) is 64.7 Å². The molecule has 0 aliphatic carbocycles. The van der Waals surface area contributed by atoms with Gasteiger partial charge in [0.15, 0.2) is 0 Å². The van der Waals surface area contributed by atoms with Crippen LogP contribution in [0.15, 0.2) is 52.2 Å². The predicted molar refractivity (Wildman–Crippen MR) is 85.6 cm³/mol. The molecule has 0 atom stereocenters. The van der Waals surface area contributed by atoms with Gasteiger partial charge in [-0.25, -0.2) is 9.64 Å². The lowest BCUT2D eigenvalue weighted by Crippen LogP contribution is -2.22. The van der Waals surface area contributed by atoms with Crippen LogP contribution in [0.4, 0.5) is 5.69 Å². The zero-order valence-corrected chi connectivity index (χ0v) is 12.8. The van der Waals surface area contributed by atoms with Gasteiger partial charge in [0, 0.05) is 13.1 Å². The van der Waals surface area contributed by atoms with Crippen molar-refractivity contribution in [2.75, 3.05) is 0 Å². The quantitative estimate of drug-likeness (QED) is 0.743. The molecule has 2 aromatic heterocycles. The minimum absolute atomic E-state index is 0.0926. The van der Waals surface area contributed by atoms with E-state index < -0.39 is 5.63 Å². The van der Waals surface area contributed by atoms with E-state index in [-0.39, 0.29) is 12.6 Å². The molecule has 8 heteroatoms. The first-order valence-corrected chi connectivity index (χ1v) is 7.05. The first kappa shape index (κ1) is 15.3. The van der Waals surface area contributed by atoms with Crippen molar-refractivity contribution in [3.8, 4) is 16.8 Å². The molecule has 1 N–H and O–H groups in total. The molecule has 0 unspecified atom stereocenters. The molecule has 1 amide bonds. The second-order valence-electron chi connectivity index (χ2n) is 5.03. The number of carbonyl (C=O) groups excluding carboxylic acids is 1. The SMILES string of the molecule is [C-]#[N+]c1cnn(-c2ccc(-c3cn(CNC(C)=O)oc3=O)cc2)c1. The molecule has 0 aliphatic heterocycles. The van der Waals surface area contributed by atoms with Crippen LogP contribution in [0, 0.1) is 6.57 Å². The fourth-order valence-electron chi connectivity index (χ4n) is 2.14. The molecular weight excluding hydrogens is 310 g/mol. The maximum atomic E-state index is 11.9. The average molecular weight is 323 g/mol. The van der Waals surface area contributed by atoms with Crippen molar-refractivity contribution in [2.45, 2.75) is 13.6 Å². The summed E-state index contributed by atoms with van der Waals surface area (Å²) in [5, 5.41) is 6.65. The van der Waals surface area contributed by atoms with E-state index in [0.717, 1.165) is 5.69 Å². The highest BCUT2D eigenvalue weighted by molar-refractivity contribution is 5.72. The zero-order chi connectivity index (χ0) is 17.1. The third-order valence-electron chi connectivity index (χ3n) is 3.32. The van der Waals surface area contributed by atoms with Gasteiger partial charge in [0.25, 0.3) is 0 Å². The third-order valence-corrected chi connectivity index (χ3v) is 3.32. The fraction of sp³-hybridized carbons (Fsp3) is 0.125. The summed E-state index contributed by atoms with van der Waals surface area (Å²) in [6.07, 6.45) is 4.65. The first-order chi connectivity index (χ1) is 11.6. The molecule has 120 valence electrons. The predicted octanol–water partition coefficient (Wildman–Crippen LogP) is 1.94. The van der Waals surface area contributed by atoms with Gasteiger partial charge < -0.3 is 9.84 Å². The summed E-state index contributed by atoms with van der Waals surface area (Å²) in [6, 6.07) is 7.12. The number of rotatable bonds is 4. The van der Waals surface area contributed by atoms with Crippen LogP contribution in [0.25, 0.3) is 21.7 Å². The van der Waals surface area contributed by atoms with E-state index in [0.29, 0.717) is 16.8 Å². The monoisotopic (exact) mass is 323 g/mol. The molecule has 0 saturated heterocycles. The van der Waals surface area contributed by atoms with E-state index in [4.69, 9.17) is 11.1 Å². The van der Waals surface area contributed by atoms with Crippen molar-refractivity contribution in [1.29, 1.82) is 0 Å². The highest BCUT2D eigenvalue weighted by Crippen LogP contribution is 2.19. The molecule has 0 fully saturated rings.